The van der Waals surface area contributed by atoms with Crippen LogP contribution in [0.3, 0.4) is 0 Å². The maximum Gasteiger partial charge on any atom is 0.0164 e. The summed E-state index contributed by atoms with van der Waals surface area (Å²) in [7, 11) is 0. The first-order valence-electron chi connectivity index (χ1n) is 12.1. The van der Waals surface area contributed by atoms with Crippen LogP contribution in [0.1, 0.15) is 98.8 Å². The van der Waals surface area contributed by atoms with Crippen molar-refractivity contribution in [2.45, 2.75) is 83.5 Å². The molecule has 0 aromatic heterocycles. The SMILES string of the molecule is Cc1cc2c(c(-c3ccc(C4CCCCC4)cc3)c1)C=C(CC1CCCCC1)[CH]2.[Zr]. The van der Waals surface area contributed by atoms with Gasteiger partial charge in [0.05, 0.1) is 0 Å². The minimum Gasteiger partial charge on any atom is -0.0609 e. The van der Waals surface area contributed by atoms with Gasteiger partial charge in [-0.3, -0.25) is 0 Å². The summed E-state index contributed by atoms with van der Waals surface area (Å²) in [5, 5.41) is 0. The molecule has 0 heterocycles. The van der Waals surface area contributed by atoms with Crippen LogP contribution >= 0.6 is 0 Å². The molecule has 0 spiro atoms. The van der Waals surface area contributed by atoms with Crippen LogP contribution in [0.25, 0.3) is 17.2 Å². The molecular weight excluding hydrogens is 440 g/mol. The second-order valence-electron chi connectivity index (χ2n) is 9.84. The summed E-state index contributed by atoms with van der Waals surface area (Å²) in [5.41, 5.74) is 10.2. The third-order valence-corrected chi connectivity index (χ3v) is 7.57. The molecule has 2 fully saturated rings. The number of rotatable bonds is 4. The van der Waals surface area contributed by atoms with Gasteiger partial charge in [0.15, 0.2) is 0 Å². The fourth-order valence-corrected chi connectivity index (χ4v) is 5.98. The van der Waals surface area contributed by atoms with Crippen molar-refractivity contribution in [3.8, 4) is 11.1 Å². The summed E-state index contributed by atoms with van der Waals surface area (Å²) in [6.07, 6.45) is 20.4. The van der Waals surface area contributed by atoms with Crippen molar-refractivity contribution < 1.29 is 26.2 Å². The fourth-order valence-electron chi connectivity index (χ4n) is 5.98. The van der Waals surface area contributed by atoms with Crippen molar-refractivity contribution in [3.05, 3.63) is 70.6 Å². The first-order valence-corrected chi connectivity index (χ1v) is 12.1. The molecule has 0 nitrogen and oxygen atoms in total. The number of hydrogen-bond acceptors (Lipinski definition) is 0. The van der Waals surface area contributed by atoms with Gasteiger partial charge in [0.25, 0.3) is 0 Å². The molecule has 0 unspecified atom stereocenters. The third kappa shape index (κ3) is 4.93. The maximum absolute atomic E-state index is 2.49. The predicted octanol–water partition coefficient (Wildman–Crippen LogP) is 8.63. The molecule has 0 aliphatic heterocycles. The summed E-state index contributed by atoms with van der Waals surface area (Å²) >= 11 is 0. The molecule has 155 valence electrons. The van der Waals surface area contributed by atoms with Gasteiger partial charge in [0, 0.05) is 32.6 Å². The Balaban J connectivity index is 0.00000218. The molecule has 3 aliphatic rings. The Kier molecular flexibility index (Phi) is 7.51. The van der Waals surface area contributed by atoms with Crippen LogP contribution in [0.2, 0.25) is 0 Å². The van der Waals surface area contributed by atoms with Crippen LogP contribution in [-0.4, -0.2) is 0 Å². The first kappa shape index (κ1) is 22.3. The monoisotopic (exact) mass is 473 g/mol. The van der Waals surface area contributed by atoms with E-state index in [-0.39, 0.29) is 26.2 Å². The van der Waals surface area contributed by atoms with Crippen LogP contribution in [-0.2, 0) is 26.2 Å². The van der Waals surface area contributed by atoms with Crippen molar-refractivity contribution in [3.63, 3.8) is 0 Å². The van der Waals surface area contributed by atoms with Crippen LogP contribution in [0, 0.1) is 19.3 Å². The fraction of sp³-hybridized carbons (Fsp3) is 0.483. The van der Waals surface area contributed by atoms with Crippen molar-refractivity contribution >= 4 is 6.08 Å². The van der Waals surface area contributed by atoms with E-state index in [2.05, 4.69) is 55.8 Å². The van der Waals surface area contributed by atoms with Gasteiger partial charge in [-0.2, -0.15) is 0 Å². The van der Waals surface area contributed by atoms with Gasteiger partial charge in [0.2, 0.25) is 0 Å². The normalized spacial score (nSPS) is 19.8. The van der Waals surface area contributed by atoms with Crippen LogP contribution in [0.4, 0.5) is 0 Å². The van der Waals surface area contributed by atoms with Crippen LogP contribution in [0.15, 0.2) is 42.0 Å². The zero-order chi connectivity index (χ0) is 19.6. The molecule has 0 N–H and O–H groups in total. The van der Waals surface area contributed by atoms with E-state index in [1.54, 1.807) is 11.1 Å². The molecule has 30 heavy (non-hydrogen) atoms. The Labute approximate surface area is 202 Å². The Bertz CT molecular complexity index is 877. The number of benzene rings is 2. The van der Waals surface area contributed by atoms with E-state index in [1.165, 1.54) is 98.4 Å². The van der Waals surface area contributed by atoms with Gasteiger partial charge in [-0.1, -0.05) is 105 Å². The second-order valence-corrected chi connectivity index (χ2v) is 9.84. The Morgan fingerprint density at radius 1 is 0.800 bits per heavy atom. The van der Waals surface area contributed by atoms with E-state index in [4.69, 9.17) is 0 Å². The van der Waals surface area contributed by atoms with E-state index in [0.29, 0.717) is 0 Å². The second kappa shape index (κ2) is 10.1. The summed E-state index contributed by atoms with van der Waals surface area (Å²) < 4.78 is 0. The topological polar surface area (TPSA) is 0 Å². The number of fused-ring (bicyclic) bond motifs is 1. The molecule has 1 radical (unpaired) electrons. The van der Waals surface area contributed by atoms with E-state index >= 15 is 0 Å². The Morgan fingerprint density at radius 2 is 1.47 bits per heavy atom. The summed E-state index contributed by atoms with van der Waals surface area (Å²) in [6, 6.07) is 14.3. The van der Waals surface area contributed by atoms with Gasteiger partial charge in [0.1, 0.15) is 0 Å². The number of allylic oxidation sites excluding steroid dienone is 1. The minimum atomic E-state index is 0. The zero-order valence-corrected chi connectivity index (χ0v) is 21.0. The third-order valence-electron chi connectivity index (χ3n) is 7.57. The minimum absolute atomic E-state index is 0. The Hall–Kier alpha value is -0.937. The summed E-state index contributed by atoms with van der Waals surface area (Å²) in [5.74, 6) is 1.69. The number of aryl methyl sites for hydroxylation is 1. The van der Waals surface area contributed by atoms with Crippen LogP contribution < -0.4 is 0 Å². The molecule has 0 amide bonds. The van der Waals surface area contributed by atoms with Gasteiger partial charge >= 0.3 is 0 Å². The van der Waals surface area contributed by atoms with E-state index in [1.807, 2.05) is 0 Å². The zero-order valence-electron chi connectivity index (χ0n) is 18.6. The first-order chi connectivity index (χ1) is 14.3. The average Bonchev–Trinajstić information content (AvgIpc) is 3.16. The molecule has 1 heteroatoms. The standard InChI is InChI=1S/C29H35.Zr/c1-21-16-27-19-23(18-22-8-4-2-5-9-22)20-29(27)28(17-21)26-14-12-25(13-15-26)24-10-6-3-7-11-24;/h12-17,19-20,22,24H,2-11,18H2,1H3;. The molecule has 0 bridgehead atoms. The summed E-state index contributed by atoms with van der Waals surface area (Å²) in [6.45, 7) is 2.24. The van der Waals surface area contributed by atoms with Gasteiger partial charge in [-0.05, 0) is 65.8 Å². The van der Waals surface area contributed by atoms with E-state index < -0.39 is 0 Å². The van der Waals surface area contributed by atoms with E-state index in [0.717, 1.165) is 11.8 Å². The molecule has 5 rings (SSSR count). The largest absolute Gasteiger partial charge is 0.0609 e. The maximum atomic E-state index is 2.49. The van der Waals surface area contributed by atoms with E-state index in [9.17, 15) is 0 Å². The van der Waals surface area contributed by atoms with Crippen LogP contribution in [0.5, 0.6) is 0 Å². The van der Waals surface area contributed by atoms with Gasteiger partial charge in [-0.25, -0.2) is 0 Å². The van der Waals surface area contributed by atoms with Crippen molar-refractivity contribution in [1.29, 1.82) is 0 Å². The molecule has 0 saturated heterocycles. The molecule has 2 saturated carbocycles. The molecule has 2 aromatic carbocycles. The predicted molar refractivity (Wildman–Crippen MR) is 125 cm³/mol. The molecule has 3 aliphatic carbocycles. The van der Waals surface area contributed by atoms with Crippen molar-refractivity contribution in [2.24, 2.45) is 5.92 Å². The molecule has 0 atom stereocenters. The quantitative estimate of drug-likeness (QED) is 0.416. The smallest absolute Gasteiger partial charge is 0.0164 e. The molecule has 2 aromatic rings. The van der Waals surface area contributed by atoms with Crippen molar-refractivity contribution in [2.75, 3.05) is 0 Å². The average molecular weight is 475 g/mol. The van der Waals surface area contributed by atoms with Crippen molar-refractivity contribution in [1.82, 2.24) is 0 Å². The molecular formula is C29H35Zr. The Morgan fingerprint density at radius 3 is 2.17 bits per heavy atom. The summed E-state index contributed by atoms with van der Waals surface area (Å²) in [4.78, 5) is 0. The van der Waals surface area contributed by atoms with Gasteiger partial charge in [-0.15, -0.1) is 0 Å². The van der Waals surface area contributed by atoms with Gasteiger partial charge < -0.3 is 0 Å². The number of hydrogen-bond donors (Lipinski definition) is 0.